The largest absolute Gasteiger partial charge is 0.448 e. The van der Waals surface area contributed by atoms with Crippen LogP contribution in [-0.4, -0.2) is 22.1 Å². The molecule has 1 amide bonds. The van der Waals surface area contributed by atoms with Crippen LogP contribution in [0.1, 0.15) is 47.8 Å². The third kappa shape index (κ3) is 2.30. The Bertz CT molecular complexity index is 903. The molecule has 1 aromatic carbocycles. The van der Waals surface area contributed by atoms with Gasteiger partial charge < -0.3 is 14.3 Å². The van der Waals surface area contributed by atoms with Crippen molar-refractivity contribution in [1.29, 1.82) is 0 Å². The zero-order valence-corrected chi connectivity index (χ0v) is 12.4. The molecule has 2 aliphatic rings. The molecule has 0 radical (unpaired) electrons. The molecule has 2 aliphatic carbocycles. The first-order valence-corrected chi connectivity index (χ1v) is 7.94. The number of hydrogen-bond donors (Lipinski definition) is 1. The smallest absolute Gasteiger partial charge is 0.251 e. The lowest BCUT2D eigenvalue weighted by atomic mass is 10.1. The number of nitrogens with one attached hydrogen (secondary N) is 1. The minimum atomic E-state index is -0.0552. The molecule has 3 aromatic rings. The van der Waals surface area contributed by atoms with E-state index in [2.05, 4.69) is 15.5 Å². The summed E-state index contributed by atoms with van der Waals surface area (Å²) in [5.41, 5.74) is 2.53. The highest BCUT2D eigenvalue weighted by Crippen LogP contribution is 2.40. The Labute approximate surface area is 131 Å². The summed E-state index contributed by atoms with van der Waals surface area (Å²) < 4.78 is 10.9. The van der Waals surface area contributed by atoms with Crippen molar-refractivity contribution >= 4 is 16.9 Å². The predicted octanol–water partition coefficient (Wildman–Crippen LogP) is 3.25. The lowest BCUT2D eigenvalue weighted by molar-refractivity contribution is 0.0951. The number of benzene rings is 1. The minimum absolute atomic E-state index is 0.0552. The molecule has 6 heteroatoms. The van der Waals surface area contributed by atoms with Crippen LogP contribution in [0, 0.1) is 0 Å². The number of oxazole rings is 1. The molecule has 1 N–H and O–H groups in total. The Morgan fingerprint density at radius 2 is 2.09 bits per heavy atom. The highest BCUT2D eigenvalue weighted by molar-refractivity contribution is 6.00. The van der Waals surface area contributed by atoms with Crippen LogP contribution in [0.15, 0.2) is 33.4 Å². The molecule has 2 fully saturated rings. The average molecular weight is 309 g/mol. The standard InChI is InChI=1S/C17H15N3O3/c21-16(18-11-4-5-11)10-3-6-14-12(7-10)15(20-23-14)13-8-22-17(19-13)9-1-2-9/h3,6-9,11H,1-2,4-5H2,(H,18,21). The Balaban J connectivity index is 1.53. The summed E-state index contributed by atoms with van der Waals surface area (Å²) in [6.45, 7) is 0. The van der Waals surface area contributed by atoms with E-state index in [0.717, 1.165) is 37.0 Å². The summed E-state index contributed by atoms with van der Waals surface area (Å²) in [6.07, 6.45) is 6.00. The van der Waals surface area contributed by atoms with E-state index < -0.39 is 0 Å². The van der Waals surface area contributed by atoms with Crippen molar-refractivity contribution in [2.24, 2.45) is 0 Å². The fraction of sp³-hybridized carbons (Fsp3) is 0.353. The van der Waals surface area contributed by atoms with Crippen LogP contribution < -0.4 is 5.32 Å². The minimum Gasteiger partial charge on any atom is -0.448 e. The number of fused-ring (bicyclic) bond motifs is 1. The number of carbonyl (C=O) groups is 1. The summed E-state index contributed by atoms with van der Waals surface area (Å²) >= 11 is 0. The zero-order chi connectivity index (χ0) is 15.4. The molecule has 0 spiro atoms. The van der Waals surface area contributed by atoms with Crippen LogP contribution in [0.25, 0.3) is 22.4 Å². The van der Waals surface area contributed by atoms with E-state index in [4.69, 9.17) is 8.94 Å². The number of hydrogen-bond acceptors (Lipinski definition) is 5. The van der Waals surface area contributed by atoms with Gasteiger partial charge in [0.2, 0.25) is 0 Å². The molecule has 23 heavy (non-hydrogen) atoms. The number of carbonyl (C=O) groups excluding carboxylic acids is 1. The number of nitrogens with zero attached hydrogens (tertiary/aromatic N) is 2. The van der Waals surface area contributed by atoms with Gasteiger partial charge in [-0.05, 0) is 43.9 Å². The third-order valence-corrected chi connectivity index (χ3v) is 4.34. The Hall–Kier alpha value is -2.63. The molecule has 0 bridgehead atoms. The Morgan fingerprint density at radius 1 is 1.22 bits per heavy atom. The highest BCUT2D eigenvalue weighted by Gasteiger charge is 2.29. The van der Waals surface area contributed by atoms with Crippen LogP contribution >= 0.6 is 0 Å². The van der Waals surface area contributed by atoms with Gasteiger partial charge in [0.1, 0.15) is 17.7 Å². The van der Waals surface area contributed by atoms with Crippen molar-refractivity contribution in [2.75, 3.05) is 0 Å². The van der Waals surface area contributed by atoms with Gasteiger partial charge in [-0.15, -0.1) is 0 Å². The molecular weight excluding hydrogens is 294 g/mol. The van der Waals surface area contributed by atoms with Gasteiger partial charge in [-0.25, -0.2) is 4.98 Å². The Morgan fingerprint density at radius 3 is 2.87 bits per heavy atom. The van der Waals surface area contributed by atoms with E-state index in [1.165, 1.54) is 0 Å². The molecule has 0 atom stereocenters. The van der Waals surface area contributed by atoms with Crippen molar-refractivity contribution in [3.05, 3.63) is 35.9 Å². The van der Waals surface area contributed by atoms with E-state index >= 15 is 0 Å². The van der Waals surface area contributed by atoms with Gasteiger partial charge in [-0.2, -0.15) is 0 Å². The molecular formula is C17H15N3O3. The first kappa shape index (κ1) is 12.9. The SMILES string of the molecule is O=C(NC1CC1)c1ccc2onc(-c3coc(C4CC4)n3)c2c1. The molecule has 2 saturated carbocycles. The quantitative estimate of drug-likeness (QED) is 0.800. The second kappa shape index (κ2) is 4.68. The van der Waals surface area contributed by atoms with E-state index in [0.29, 0.717) is 34.5 Å². The number of rotatable bonds is 4. The van der Waals surface area contributed by atoms with Crippen LogP contribution in [0.4, 0.5) is 0 Å². The van der Waals surface area contributed by atoms with Crippen LogP contribution in [0.3, 0.4) is 0 Å². The molecule has 6 nitrogen and oxygen atoms in total. The average Bonchev–Trinajstić information content (AvgIpc) is 3.48. The van der Waals surface area contributed by atoms with Crippen molar-refractivity contribution in [3.8, 4) is 11.4 Å². The molecule has 0 unspecified atom stereocenters. The highest BCUT2D eigenvalue weighted by atomic mass is 16.5. The number of aromatic nitrogens is 2. The van der Waals surface area contributed by atoms with Gasteiger partial charge >= 0.3 is 0 Å². The molecule has 116 valence electrons. The fourth-order valence-corrected chi connectivity index (χ4v) is 2.68. The van der Waals surface area contributed by atoms with Gasteiger partial charge in [0.15, 0.2) is 11.5 Å². The van der Waals surface area contributed by atoms with Crippen molar-refractivity contribution in [1.82, 2.24) is 15.5 Å². The predicted molar refractivity (Wildman–Crippen MR) is 82.0 cm³/mol. The lowest BCUT2D eigenvalue weighted by Gasteiger charge is -2.02. The summed E-state index contributed by atoms with van der Waals surface area (Å²) in [6, 6.07) is 5.67. The van der Waals surface area contributed by atoms with E-state index in [1.54, 1.807) is 18.4 Å². The zero-order valence-electron chi connectivity index (χ0n) is 12.4. The first-order valence-electron chi connectivity index (χ1n) is 7.94. The monoisotopic (exact) mass is 309 g/mol. The van der Waals surface area contributed by atoms with Gasteiger partial charge in [0.25, 0.3) is 5.91 Å². The van der Waals surface area contributed by atoms with Crippen LogP contribution in [0.2, 0.25) is 0 Å². The second-order valence-corrected chi connectivity index (χ2v) is 6.34. The fourth-order valence-electron chi connectivity index (χ4n) is 2.68. The second-order valence-electron chi connectivity index (χ2n) is 6.34. The van der Waals surface area contributed by atoms with E-state index in [1.807, 2.05) is 6.07 Å². The van der Waals surface area contributed by atoms with E-state index in [-0.39, 0.29) is 5.91 Å². The van der Waals surface area contributed by atoms with Gasteiger partial charge in [0, 0.05) is 17.5 Å². The normalized spacial score (nSPS) is 17.6. The third-order valence-electron chi connectivity index (χ3n) is 4.34. The van der Waals surface area contributed by atoms with Crippen molar-refractivity contribution in [3.63, 3.8) is 0 Å². The van der Waals surface area contributed by atoms with Crippen molar-refractivity contribution in [2.45, 2.75) is 37.6 Å². The summed E-state index contributed by atoms with van der Waals surface area (Å²) in [5.74, 6) is 1.15. The summed E-state index contributed by atoms with van der Waals surface area (Å²) in [5, 5.41) is 7.87. The maximum atomic E-state index is 12.2. The molecule has 0 saturated heterocycles. The summed E-state index contributed by atoms with van der Waals surface area (Å²) in [4.78, 5) is 16.7. The maximum Gasteiger partial charge on any atom is 0.251 e. The van der Waals surface area contributed by atoms with Crippen LogP contribution in [-0.2, 0) is 0 Å². The summed E-state index contributed by atoms with van der Waals surface area (Å²) in [7, 11) is 0. The first-order chi connectivity index (χ1) is 11.3. The van der Waals surface area contributed by atoms with Crippen LogP contribution in [0.5, 0.6) is 0 Å². The van der Waals surface area contributed by atoms with Gasteiger partial charge in [-0.1, -0.05) is 5.16 Å². The molecule has 0 aliphatic heterocycles. The van der Waals surface area contributed by atoms with Crippen molar-refractivity contribution < 1.29 is 13.7 Å². The molecule has 5 rings (SSSR count). The topological polar surface area (TPSA) is 81.2 Å². The lowest BCUT2D eigenvalue weighted by Crippen LogP contribution is -2.25. The van der Waals surface area contributed by atoms with Gasteiger partial charge in [0.05, 0.1) is 5.39 Å². The number of amides is 1. The van der Waals surface area contributed by atoms with Gasteiger partial charge in [-0.3, -0.25) is 4.79 Å². The molecule has 2 heterocycles. The maximum absolute atomic E-state index is 12.2. The Kier molecular flexibility index (Phi) is 2.62. The molecule has 2 aromatic heterocycles. The van der Waals surface area contributed by atoms with E-state index in [9.17, 15) is 4.79 Å².